The van der Waals surface area contributed by atoms with Gasteiger partial charge < -0.3 is 19.3 Å². The van der Waals surface area contributed by atoms with Gasteiger partial charge in [0.05, 0.1) is 25.2 Å². The second-order valence-electron chi connectivity index (χ2n) is 8.45. The van der Waals surface area contributed by atoms with Crippen LogP contribution in [-0.4, -0.2) is 37.5 Å². The molecule has 0 saturated heterocycles. The molecule has 178 valence electrons. The third-order valence-electron chi connectivity index (χ3n) is 5.99. The number of carbonyl (C=O) groups excluding carboxylic acids is 1. The molecule has 0 fully saturated rings. The summed E-state index contributed by atoms with van der Waals surface area (Å²) in [5, 5.41) is 10.1. The van der Waals surface area contributed by atoms with Crippen LogP contribution in [0.1, 0.15) is 81.5 Å². The molecule has 1 aliphatic rings. The van der Waals surface area contributed by atoms with Gasteiger partial charge in [0, 0.05) is 13.2 Å². The number of phenolic OH excluding ortho intramolecular Hbond substituents is 1. The zero-order valence-electron chi connectivity index (χ0n) is 20.0. The van der Waals surface area contributed by atoms with Crippen molar-refractivity contribution in [3.8, 4) is 11.5 Å². The van der Waals surface area contributed by atoms with Crippen LogP contribution in [0.2, 0.25) is 0 Å². The SMILES string of the molecule is CCCCCCCCCCCCOC1(OC)C=CC(C(=O)c2ccc(OC)cc2O)C=C1. The smallest absolute Gasteiger partial charge is 0.207 e. The van der Waals surface area contributed by atoms with E-state index < -0.39 is 11.7 Å². The highest BCUT2D eigenvalue weighted by molar-refractivity contribution is 6.02. The number of aromatic hydroxyl groups is 1. The van der Waals surface area contributed by atoms with Crippen molar-refractivity contribution < 1.29 is 24.1 Å². The van der Waals surface area contributed by atoms with Crippen molar-refractivity contribution in [2.75, 3.05) is 20.8 Å². The van der Waals surface area contributed by atoms with Gasteiger partial charge in [0.1, 0.15) is 11.5 Å². The second-order valence-corrected chi connectivity index (χ2v) is 8.45. The lowest BCUT2D eigenvalue weighted by Gasteiger charge is -2.29. The molecule has 1 aromatic carbocycles. The lowest BCUT2D eigenvalue weighted by atomic mass is 9.91. The first-order valence-electron chi connectivity index (χ1n) is 12.0. The summed E-state index contributed by atoms with van der Waals surface area (Å²) in [5.74, 6) is -1.17. The summed E-state index contributed by atoms with van der Waals surface area (Å²) in [6.45, 7) is 2.86. The topological polar surface area (TPSA) is 65.0 Å². The molecule has 0 aromatic heterocycles. The largest absolute Gasteiger partial charge is 0.507 e. The lowest BCUT2D eigenvalue weighted by molar-refractivity contribution is -0.155. The number of ketones is 1. The van der Waals surface area contributed by atoms with E-state index in [1.54, 1.807) is 43.5 Å². The second kappa shape index (κ2) is 14.1. The molecular weight excluding hydrogens is 404 g/mol. The molecule has 2 rings (SSSR count). The first-order chi connectivity index (χ1) is 15.5. The van der Waals surface area contributed by atoms with Gasteiger partial charge in [0.2, 0.25) is 5.79 Å². The Kier molecular flexibility index (Phi) is 11.5. The van der Waals surface area contributed by atoms with E-state index in [2.05, 4.69) is 6.92 Å². The Bertz CT molecular complexity index is 738. The van der Waals surface area contributed by atoms with Gasteiger partial charge in [-0.15, -0.1) is 0 Å². The molecule has 0 radical (unpaired) electrons. The van der Waals surface area contributed by atoms with E-state index >= 15 is 0 Å². The quantitative estimate of drug-likeness (QED) is 0.135. The van der Waals surface area contributed by atoms with Crippen LogP contribution in [0.4, 0.5) is 0 Å². The molecule has 0 aliphatic heterocycles. The average molecular weight is 445 g/mol. The van der Waals surface area contributed by atoms with E-state index in [1.165, 1.54) is 64.5 Å². The monoisotopic (exact) mass is 444 g/mol. The van der Waals surface area contributed by atoms with Gasteiger partial charge in [-0.05, 0) is 30.7 Å². The minimum Gasteiger partial charge on any atom is -0.507 e. The van der Waals surface area contributed by atoms with E-state index in [0.717, 1.165) is 12.8 Å². The van der Waals surface area contributed by atoms with Crippen molar-refractivity contribution in [1.29, 1.82) is 0 Å². The molecule has 32 heavy (non-hydrogen) atoms. The number of allylic oxidation sites excluding steroid dienone is 2. The minimum atomic E-state index is -0.933. The van der Waals surface area contributed by atoms with Crippen molar-refractivity contribution in [1.82, 2.24) is 0 Å². The molecular formula is C27H40O5. The molecule has 1 N–H and O–H groups in total. The summed E-state index contributed by atoms with van der Waals surface area (Å²) in [6, 6.07) is 4.69. The van der Waals surface area contributed by atoms with E-state index in [4.69, 9.17) is 14.2 Å². The summed E-state index contributed by atoms with van der Waals surface area (Å²) < 4.78 is 16.7. The Balaban J connectivity index is 1.72. The average Bonchev–Trinajstić information content (AvgIpc) is 2.82. The third-order valence-corrected chi connectivity index (χ3v) is 5.99. The predicted octanol–water partition coefficient (Wildman–Crippen LogP) is 6.61. The van der Waals surface area contributed by atoms with Crippen LogP contribution in [0, 0.1) is 5.92 Å². The summed E-state index contributed by atoms with van der Waals surface area (Å²) in [7, 11) is 3.12. The highest BCUT2D eigenvalue weighted by atomic mass is 16.7. The Hall–Kier alpha value is -2.11. The van der Waals surface area contributed by atoms with Crippen LogP contribution in [0.25, 0.3) is 0 Å². The number of rotatable bonds is 16. The fourth-order valence-corrected chi connectivity index (χ4v) is 3.91. The summed E-state index contributed by atoms with van der Waals surface area (Å²) >= 11 is 0. The maximum atomic E-state index is 12.8. The van der Waals surface area contributed by atoms with E-state index in [9.17, 15) is 9.90 Å². The van der Waals surface area contributed by atoms with E-state index in [-0.39, 0.29) is 17.1 Å². The Labute approximate surface area is 193 Å². The van der Waals surface area contributed by atoms with Crippen LogP contribution in [0.3, 0.4) is 0 Å². The van der Waals surface area contributed by atoms with E-state index in [1.807, 2.05) is 0 Å². The molecule has 0 bridgehead atoms. The molecule has 0 unspecified atom stereocenters. The molecule has 0 spiro atoms. The number of Topliss-reactive ketones (excluding diaryl/α,β-unsaturated/α-hetero) is 1. The number of phenols is 1. The number of hydrogen-bond acceptors (Lipinski definition) is 5. The van der Waals surface area contributed by atoms with Crippen molar-refractivity contribution in [3.63, 3.8) is 0 Å². The maximum Gasteiger partial charge on any atom is 0.207 e. The standard InChI is InChI=1S/C27H40O5/c1-4-5-6-7-8-9-10-11-12-13-20-32-27(31-3)18-16-22(17-19-27)26(29)24-15-14-23(30-2)21-25(24)28/h14-19,21-22,28H,4-13,20H2,1-3H3. The zero-order valence-corrected chi connectivity index (χ0v) is 20.0. The minimum absolute atomic E-state index is 0.0862. The fraction of sp³-hybridized carbons (Fsp3) is 0.593. The van der Waals surface area contributed by atoms with Crippen molar-refractivity contribution in [3.05, 3.63) is 48.1 Å². The maximum absolute atomic E-state index is 12.8. The number of ether oxygens (including phenoxy) is 3. The van der Waals surface area contributed by atoms with E-state index in [0.29, 0.717) is 12.4 Å². The highest BCUT2D eigenvalue weighted by Crippen LogP contribution is 2.30. The Morgan fingerprint density at radius 3 is 2.06 bits per heavy atom. The predicted molar refractivity (Wildman–Crippen MR) is 128 cm³/mol. The van der Waals surface area contributed by atoms with Gasteiger partial charge in [-0.1, -0.05) is 76.9 Å². The molecule has 0 atom stereocenters. The fourth-order valence-electron chi connectivity index (χ4n) is 3.91. The van der Waals surface area contributed by atoms with Gasteiger partial charge in [0.15, 0.2) is 5.78 Å². The number of benzene rings is 1. The van der Waals surface area contributed by atoms with Gasteiger partial charge in [0.25, 0.3) is 0 Å². The molecule has 0 saturated carbocycles. The molecule has 0 heterocycles. The van der Waals surface area contributed by atoms with Crippen LogP contribution < -0.4 is 4.74 Å². The number of hydrogen-bond donors (Lipinski definition) is 1. The highest BCUT2D eigenvalue weighted by Gasteiger charge is 2.30. The first kappa shape index (κ1) is 26.1. The number of methoxy groups -OCH3 is 2. The van der Waals surface area contributed by atoms with Gasteiger partial charge in [-0.2, -0.15) is 0 Å². The number of unbranched alkanes of at least 4 members (excludes halogenated alkanes) is 9. The number of carbonyl (C=O) groups is 1. The molecule has 5 heteroatoms. The summed E-state index contributed by atoms with van der Waals surface area (Å²) in [5.41, 5.74) is 0.265. The molecule has 1 aromatic rings. The van der Waals surface area contributed by atoms with Crippen molar-refractivity contribution in [2.45, 2.75) is 76.9 Å². The summed E-state index contributed by atoms with van der Waals surface area (Å²) in [6.07, 6.45) is 19.9. The molecule has 0 amide bonds. The first-order valence-corrected chi connectivity index (χ1v) is 12.0. The van der Waals surface area contributed by atoms with Gasteiger partial charge >= 0.3 is 0 Å². The van der Waals surface area contributed by atoms with Crippen molar-refractivity contribution in [2.24, 2.45) is 5.92 Å². The van der Waals surface area contributed by atoms with Crippen molar-refractivity contribution >= 4 is 5.78 Å². The Morgan fingerprint density at radius 1 is 0.938 bits per heavy atom. The Morgan fingerprint density at radius 2 is 1.53 bits per heavy atom. The molecule has 1 aliphatic carbocycles. The third kappa shape index (κ3) is 8.10. The van der Waals surface area contributed by atoms with Crippen LogP contribution in [0.5, 0.6) is 11.5 Å². The molecule has 5 nitrogen and oxygen atoms in total. The summed E-state index contributed by atoms with van der Waals surface area (Å²) in [4.78, 5) is 12.8. The van der Waals surface area contributed by atoms with Crippen LogP contribution in [0.15, 0.2) is 42.5 Å². The zero-order chi connectivity index (χ0) is 23.2. The van der Waals surface area contributed by atoms with Gasteiger partial charge in [-0.3, -0.25) is 4.79 Å². The van der Waals surface area contributed by atoms with Crippen LogP contribution in [-0.2, 0) is 9.47 Å². The van der Waals surface area contributed by atoms with Crippen LogP contribution >= 0.6 is 0 Å². The lowest BCUT2D eigenvalue weighted by Crippen LogP contribution is -2.33. The van der Waals surface area contributed by atoms with Gasteiger partial charge in [-0.25, -0.2) is 0 Å². The normalized spacial score (nSPS) is 19.9.